The number of fused-ring (bicyclic) bond motifs is 9. The Hall–Kier alpha value is -7.46. The van der Waals surface area contributed by atoms with E-state index in [4.69, 9.17) is 4.42 Å². The second kappa shape index (κ2) is 13.6. The molecule has 59 heavy (non-hydrogen) atoms. The summed E-state index contributed by atoms with van der Waals surface area (Å²) in [6.07, 6.45) is 0. The van der Waals surface area contributed by atoms with Gasteiger partial charge in [0, 0.05) is 42.2 Å². The summed E-state index contributed by atoms with van der Waals surface area (Å²) >= 11 is 1.87. The van der Waals surface area contributed by atoms with E-state index >= 15 is 0 Å². The second-order valence-electron chi connectivity index (χ2n) is 15.2. The standard InChI is InChI=1S/C56H35NOS/c1-2-12-36(13-3-1)37-24-26-39(27-25-37)43-34-35-51(54-49-17-6-8-22-52(49)58-55(43)54)57(50-21-11-19-45-42-15-5-4-14-38(42)30-33-46(45)50)41-31-28-40(29-32-41)44-18-10-20-48-47-16-7-9-23-53(47)59-56(44)48/h1-35H. The van der Waals surface area contributed by atoms with E-state index in [0.29, 0.717) is 0 Å². The van der Waals surface area contributed by atoms with Gasteiger partial charge in [-0.1, -0.05) is 170 Å². The molecule has 0 aliphatic carbocycles. The Morgan fingerprint density at radius 3 is 1.86 bits per heavy atom. The summed E-state index contributed by atoms with van der Waals surface area (Å²) in [4.78, 5) is 2.44. The van der Waals surface area contributed by atoms with Gasteiger partial charge >= 0.3 is 0 Å². The summed E-state index contributed by atoms with van der Waals surface area (Å²) in [5.74, 6) is 0. The van der Waals surface area contributed by atoms with Crippen molar-refractivity contribution in [3.05, 3.63) is 212 Å². The van der Waals surface area contributed by atoms with Crippen molar-refractivity contribution < 1.29 is 4.42 Å². The van der Waals surface area contributed by atoms with Crippen LogP contribution in [0.4, 0.5) is 17.1 Å². The van der Waals surface area contributed by atoms with E-state index in [-0.39, 0.29) is 0 Å². The molecule has 2 heterocycles. The Bertz CT molecular complexity index is 3540. The lowest BCUT2D eigenvalue weighted by Gasteiger charge is -2.28. The average molecular weight is 770 g/mol. The van der Waals surface area contributed by atoms with Crippen molar-refractivity contribution in [2.24, 2.45) is 0 Å². The molecule has 0 spiro atoms. The minimum Gasteiger partial charge on any atom is -0.455 e. The van der Waals surface area contributed by atoms with Crippen LogP contribution >= 0.6 is 11.3 Å². The fraction of sp³-hybridized carbons (Fsp3) is 0. The molecule has 3 heteroatoms. The van der Waals surface area contributed by atoms with Gasteiger partial charge in [0.2, 0.25) is 0 Å². The van der Waals surface area contributed by atoms with Gasteiger partial charge in [0.05, 0.1) is 16.8 Å². The third kappa shape index (κ3) is 5.47. The quantitative estimate of drug-likeness (QED) is 0.157. The first-order chi connectivity index (χ1) is 29.3. The fourth-order valence-electron chi connectivity index (χ4n) is 9.09. The first-order valence-corrected chi connectivity index (χ1v) is 20.9. The monoisotopic (exact) mass is 769 g/mol. The van der Waals surface area contributed by atoms with Crippen molar-refractivity contribution in [2.45, 2.75) is 0 Å². The van der Waals surface area contributed by atoms with Gasteiger partial charge in [-0.05, 0) is 86.4 Å². The van der Waals surface area contributed by atoms with Gasteiger partial charge in [-0.3, -0.25) is 0 Å². The van der Waals surface area contributed by atoms with Crippen LogP contribution in [0.3, 0.4) is 0 Å². The molecule has 0 atom stereocenters. The van der Waals surface area contributed by atoms with E-state index < -0.39 is 0 Å². The van der Waals surface area contributed by atoms with Crippen molar-refractivity contribution in [2.75, 3.05) is 4.90 Å². The number of hydrogen-bond acceptors (Lipinski definition) is 3. The number of thiophene rings is 1. The van der Waals surface area contributed by atoms with E-state index in [1.165, 1.54) is 64.0 Å². The fourth-order valence-corrected chi connectivity index (χ4v) is 10.3. The van der Waals surface area contributed by atoms with Crippen molar-refractivity contribution in [1.82, 2.24) is 0 Å². The van der Waals surface area contributed by atoms with Gasteiger partial charge in [0.15, 0.2) is 0 Å². The predicted molar refractivity (Wildman–Crippen MR) is 253 cm³/mol. The highest BCUT2D eigenvalue weighted by Gasteiger charge is 2.24. The molecule has 12 rings (SSSR count). The maximum atomic E-state index is 6.88. The maximum Gasteiger partial charge on any atom is 0.145 e. The van der Waals surface area contributed by atoms with E-state index in [1.807, 2.05) is 11.3 Å². The van der Waals surface area contributed by atoms with Crippen LogP contribution in [0.5, 0.6) is 0 Å². The van der Waals surface area contributed by atoms with Crippen LogP contribution in [0.15, 0.2) is 217 Å². The second-order valence-corrected chi connectivity index (χ2v) is 16.3. The number of anilines is 3. The molecular formula is C56H35NOS. The minimum atomic E-state index is 0.868. The van der Waals surface area contributed by atoms with E-state index in [9.17, 15) is 0 Å². The summed E-state index contributed by atoms with van der Waals surface area (Å²) in [5.41, 5.74) is 12.0. The lowest BCUT2D eigenvalue weighted by atomic mass is 9.96. The molecule has 10 aromatic carbocycles. The van der Waals surface area contributed by atoms with Crippen LogP contribution in [0, 0.1) is 0 Å². The van der Waals surface area contributed by atoms with Gasteiger partial charge in [-0.15, -0.1) is 11.3 Å². The third-order valence-corrected chi connectivity index (χ3v) is 13.1. The SMILES string of the molecule is c1ccc(-c2ccc(-c3ccc(N(c4ccc(-c5cccc6c5sc5ccccc56)cc4)c4cccc5c4ccc4ccccc45)c4c3oc3ccccc34)cc2)cc1. The molecule has 0 amide bonds. The summed E-state index contributed by atoms with van der Waals surface area (Å²) in [5, 5.41) is 9.68. The van der Waals surface area contributed by atoms with Crippen molar-refractivity contribution in [3.8, 4) is 33.4 Å². The van der Waals surface area contributed by atoms with Gasteiger partial charge in [0.1, 0.15) is 11.2 Å². The Morgan fingerprint density at radius 2 is 1.00 bits per heavy atom. The number of furan rings is 1. The topological polar surface area (TPSA) is 16.4 Å². The smallest absolute Gasteiger partial charge is 0.145 e. The van der Waals surface area contributed by atoms with Gasteiger partial charge in [0.25, 0.3) is 0 Å². The highest BCUT2D eigenvalue weighted by molar-refractivity contribution is 7.26. The van der Waals surface area contributed by atoms with E-state index in [0.717, 1.165) is 50.1 Å². The predicted octanol–water partition coefficient (Wildman–Crippen LogP) is 16.7. The zero-order chi connectivity index (χ0) is 38.9. The molecule has 2 nitrogen and oxygen atoms in total. The van der Waals surface area contributed by atoms with Gasteiger partial charge < -0.3 is 9.32 Å². The summed E-state index contributed by atoms with van der Waals surface area (Å²) < 4.78 is 9.51. The molecule has 276 valence electrons. The Morgan fingerprint density at radius 1 is 0.356 bits per heavy atom. The highest BCUT2D eigenvalue weighted by atomic mass is 32.1. The summed E-state index contributed by atoms with van der Waals surface area (Å²) in [6, 6.07) is 76.8. The Kier molecular flexibility index (Phi) is 7.75. The van der Waals surface area contributed by atoms with E-state index in [1.54, 1.807) is 0 Å². The lowest BCUT2D eigenvalue weighted by Crippen LogP contribution is -2.11. The largest absolute Gasteiger partial charge is 0.455 e. The van der Waals surface area contributed by atoms with Gasteiger partial charge in [-0.25, -0.2) is 0 Å². The molecule has 0 radical (unpaired) electrons. The summed E-state index contributed by atoms with van der Waals surface area (Å²) in [7, 11) is 0. The molecule has 0 fully saturated rings. The maximum absolute atomic E-state index is 6.88. The zero-order valence-corrected chi connectivity index (χ0v) is 32.8. The Balaban J connectivity index is 1.08. The molecule has 0 unspecified atom stereocenters. The first-order valence-electron chi connectivity index (χ1n) is 20.1. The third-order valence-electron chi connectivity index (χ3n) is 11.9. The van der Waals surface area contributed by atoms with Crippen LogP contribution in [0.1, 0.15) is 0 Å². The highest BCUT2D eigenvalue weighted by Crippen LogP contribution is 2.49. The molecule has 2 aromatic heterocycles. The van der Waals surface area contributed by atoms with Gasteiger partial charge in [-0.2, -0.15) is 0 Å². The van der Waals surface area contributed by atoms with Crippen LogP contribution < -0.4 is 4.90 Å². The van der Waals surface area contributed by atoms with E-state index in [2.05, 4.69) is 217 Å². The van der Waals surface area contributed by atoms with Crippen LogP contribution in [0.25, 0.3) is 97.0 Å². The van der Waals surface area contributed by atoms with Crippen LogP contribution in [-0.2, 0) is 0 Å². The number of benzene rings is 10. The number of nitrogens with zero attached hydrogens (tertiary/aromatic N) is 1. The van der Waals surface area contributed by atoms with Crippen molar-refractivity contribution in [3.63, 3.8) is 0 Å². The normalized spacial score (nSPS) is 11.7. The molecule has 0 bridgehead atoms. The van der Waals surface area contributed by atoms with Crippen molar-refractivity contribution >= 4 is 92.1 Å². The first kappa shape index (κ1) is 33.7. The minimum absolute atomic E-state index is 0.868. The molecule has 0 aliphatic rings. The molecular weight excluding hydrogens is 735 g/mol. The molecule has 0 N–H and O–H groups in total. The van der Waals surface area contributed by atoms with Crippen LogP contribution in [0.2, 0.25) is 0 Å². The number of rotatable bonds is 6. The lowest BCUT2D eigenvalue weighted by molar-refractivity contribution is 0.670. The van der Waals surface area contributed by atoms with Crippen molar-refractivity contribution in [1.29, 1.82) is 0 Å². The summed E-state index contributed by atoms with van der Waals surface area (Å²) in [6.45, 7) is 0. The molecule has 12 aromatic rings. The Labute approximate surface area is 345 Å². The molecule has 0 saturated carbocycles. The zero-order valence-electron chi connectivity index (χ0n) is 32.0. The molecule has 0 saturated heterocycles. The van der Waals surface area contributed by atoms with Crippen LogP contribution in [-0.4, -0.2) is 0 Å². The number of para-hydroxylation sites is 1. The molecule has 0 aliphatic heterocycles. The number of hydrogen-bond donors (Lipinski definition) is 0. The average Bonchev–Trinajstić information content (AvgIpc) is 3.89.